The Bertz CT molecular complexity index is 755. The van der Waals surface area contributed by atoms with Crippen LogP contribution in [0.3, 0.4) is 0 Å². The Balaban J connectivity index is 1.72. The lowest BCUT2D eigenvalue weighted by Gasteiger charge is -2.18. The first-order valence-electron chi connectivity index (χ1n) is 7.96. The molecule has 0 spiro atoms. The van der Waals surface area contributed by atoms with E-state index in [2.05, 4.69) is 12.2 Å². The van der Waals surface area contributed by atoms with Gasteiger partial charge in [-0.1, -0.05) is 25.1 Å². The van der Waals surface area contributed by atoms with E-state index in [0.717, 1.165) is 29.7 Å². The quantitative estimate of drug-likeness (QED) is 0.875. The van der Waals surface area contributed by atoms with Crippen molar-refractivity contribution in [2.45, 2.75) is 26.2 Å². The molecule has 0 saturated heterocycles. The van der Waals surface area contributed by atoms with Gasteiger partial charge < -0.3 is 15.8 Å². The second-order valence-corrected chi connectivity index (χ2v) is 7.18. The number of anilines is 1. The molecule has 24 heavy (non-hydrogen) atoms. The molecule has 0 aliphatic heterocycles. The Morgan fingerprint density at radius 3 is 2.79 bits per heavy atom. The summed E-state index contributed by atoms with van der Waals surface area (Å²) in [4.78, 5) is 25.2. The third-order valence-corrected chi connectivity index (χ3v) is 5.29. The van der Waals surface area contributed by atoms with Crippen molar-refractivity contribution in [3.05, 3.63) is 46.3 Å². The fourth-order valence-electron chi connectivity index (χ4n) is 2.93. The monoisotopic (exact) mass is 344 g/mol. The van der Waals surface area contributed by atoms with Crippen molar-refractivity contribution in [2.75, 3.05) is 11.9 Å². The Kier molecular flexibility index (Phi) is 4.85. The molecule has 6 heteroatoms. The van der Waals surface area contributed by atoms with Gasteiger partial charge in [0.15, 0.2) is 6.61 Å². The Morgan fingerprint density at radius 2 is 2.08 bits per heavy atom. The minimum absolute atomic E-state index is 0.110. The molecule has 3 N–H and O–H groups in total. The van der Waals surface area contributed by atoms with Crippen LogP contribution in [-0.2, 0) is 17.6 Å². The first-order chi connectivity index (χ1) is 11.5. The third kappa shape index (κ3) is 3.59. The van der Waals surface area contributed by atoms with Gasteiger partial charge in [0.05, 0.1) is 5.56 Å². The summed E-state index contributed by atoms with van der Waals surface area (Å²) < 4.78 is 5.44. The fourth-order valence-corrected chi connectivity index (χ4v) is 4.36. The van der Waals surface area contributed by atoms with Crippen LogP contribution >= 0.6 is 11.3 Å². The molecule has 2 aromatic rings. The lowest BCUT2D eigenvalue weighted by atomic mass is 9.88. The van der Waals surface area contributed by atoms with Crippen molar-refractivity contribution in [1.29, 1.82) is 0 Å². The summed E-state index contributed by atoms with van der Waals surface area (Å²) in [5, 5.41) is 3.33. The average molecular weight is 344 g/mol. The zero-order valence-corrected chi connectivity index (χ0v) is 14.3. The van der Waals surface area contributed by atoms with Gasteiger partial charge in [-0.3, -0.25) is 9.59 Å². The van der Waals surface area contributed by atoms with Crippen LogP contribution in [0.25, 0.3) is 0 Å². The van der Waals surface area contributed by atoms with Gasteiger partial charge >= 0.3 is 0 Å². The fraction of sp³-hybridized carbons (Fsp3) is 0.333. The molecule has 1 aliphatic rings. The topological polar surface area (TPSA) is 81.4 Å². The SMILES string of the molecule is CC1CCc2c(sc(NC(=O)COc3ccccc3)c2C(N)=O)C1. The maximum atomic E-state index is 12.2. The summed E-state index contributed by atoms with van der Waals surface area (Å²) in [6.45, 7) is 2.08. The number of rotatable bonds is 5. The second kappa shape index (κ2) is 7.05. The van der Waals surface area contributed by atoms with Crippen molar-refractivity contribution in [3.8, 4) is 5.75 Å². The number of para-hydroxylation sites is 1. The molecule has 1 atom stereocenters. The van der Waals surface area contributed by atoms with E-state index in [1.54, 1.807) is 12.1 Å². The van der Waals surface area contributed by atoms with Crippen molar-refractivity contribution < 1.29 is 14.3 Å². The van der Waals surface area contributed by atoms with E-state index < -0.39 is 5.91 Å². The van der Waals surface area contributed by atoms with Gasteiger partial charge in [0.25, 0.3) is 11.8 Å². The molecule has 0 bridgehead atoms. The molecule has 0 saturated carbocycles. The van der Waals surface area contributed by atoms with E-state index in [0.29, 0.717) is 22.2 Å². The van der Waals surface area contributed by atoms with Gasteiger partial charge in [0, 0.05) is 4.88 Å². The minimum Gasteiger partial charge on any atom is -0.484 e. The van der Waals surface area contributed by atoms with Crippen LogP contribution in [0.4, 0.5) is 5.00 Å². The molecule has 1 aromatic heterocycles. The zero-order valence-electron chi connectivity index (χ0n) is 13.5. The highest BCUT2D eigenvalue weighted by Crippen LogP contribution is 2.39. The molecule has 1 heterocycles. The van der Waals surface area contributed by atoms with Gasteiger partial charge in [0.1, 0.15) is 10.8 Å². The maximum Gasteiger partial charge on any atom is 0.262 e. The molecular formula is C18H20N2O3S. The lowest BCUT2D eigenvalue weighted by Crippen LogP contribution is -2.22. The maximum absolute atomic E-state index is 12.2. The van der Waals surface area contributed by atoms with Crippen LogP contribution in [0.15, 0.2) is 30.3 Å². The third-order valence-electron chi connectivity index (χ3n) is 4.12. The summed E-state index contributed by atoms with van der Waals surface area (Å²) in [5.74, 6) is 0.429. The highest BCUT2D eigenvalue weighted by molar-refractivity contribution is 7.17. The number of hydrogen-bond donors (Lipinski definition) is 2. The largest absolute Gasteiger partial charge is 0.484 e. The number of primary amides is 1. The van der Waals surface area contributed by atoms with Gasteiger partial charge in [-0.05, 0) is 42.9 Å². The summed E-state index contributed by atoms with van der Waals surface area (Å²) in [6, 6.07) is 9.13. The van der Waals surface area contributed by atoms with E-state index in [4.69, 9.17) is 10.5 Å². The van der Waals surface area contributed by atoms with Crippen molar-refractivity contribution in [2.24, 2.45) is 11.7 Å². The van der Waals surface area contributed by atoms with E-state index in [-0.39, 0.29) is 12.5 Å². The zero-order chi connectivity index (χ0) is 17.1. The summed E-state index contributed by atoms with van der Waals surface area (Å²) in [7, 11) is 0. The number of ether oxygens (including phenoxy) is 1. The molecule has 2 amide bonds. The summed E-state index contributed by atoms with van der Waals surface area (Å²) >= 11 is 1.46. The molecule has 1 unspecified atom stereocenters. The lowest BCUT2D eigenvalue weighted by molar-refractivity contribution is -0.118. The van der Waals surface area contributed by atoms with E-state index in [1.165, 1.54) is 11.3 Å². The molecule has 0 radical (unpaired) electrons. The van der Waals surface area contributed by atoms with Crippen LogP contribution < -0.4 is 15.8 Å². The molecule has 126 valence electrons. The number of amides is 2. The number of carbonyl (C=O) groups is 2. The number of nitrogens with two attached hydrogens (primary N) is 1. The van der Waals surface area contributed by atoms with Crippen LogP contribution in [0.1, 0.15) is 34.1 Å². The summed E-state index contributed by atoms with van der Waals surface area (Å²) in [5.41, 5.74) is 7.02. The van der Waals surface area contributed by atoms with Crippen LogP contribution in [-0.4, -0.2) is 18.4 Å². The van der Waals surface area contributed by atoms with Gasteiger partial charge in [-0.2, -0.15) is 0 Å². The molecule has 0 fully saturated rings. The predicted molar refractivity (Wildman–Crippen MR) is 94.6 cm³/mol. The minimum atomic E-state index is -0.485. The highest BCUT2D eigenvalue weighted by Gasteiger charge is 2.27. The van der Waals surface area contributed by atoms with Crippen molar-refractivity contribution >= 4 is 28.2 Å². The van der Waals surface area contributed by atoms with E-state index in [9.17, 15) is 9.59 Å². The van der Waals surface area contributed by atoms with Crippen LogP contribution in [0.5, 0.6) is 5.75 Å². The number of hydrogen-bond acceptors (Lipinski definition) is 4. The average Bonchev–Trinajstić information content (AvgIpc) is 2.90. The van der Waals surface area contributed by atoms with Crippen molar-refractivity contribution in [1.82, 2.24) is 0 Å². The smallest absolute Gasteiger partial charge is 0.262 e. The molecule has 1 aliphatic carbocycles. The number of thiophene rings is 1. The summed E-state index contributed by atoms with van der Waals surface area (Å²) in [6.07, 6.45) is 2.80. The van der Waals surface area contributed by atoms with Gasteiger partial charge in [-0.25, -0.2) is 0 Å². The van der Waals surface area contributed by atoms with Gasteiger partial charge in [0.2, 0.25) is 0 Å². The van der Waals surface area contributed by atoms with Crippen LogP contribution in [0.2, 0.25) is 0 Å². The molecule has 5 nitrogen and oxygen atoms in total. The number of benzene rings is 1. The van der Waals surface area contributed by atoms with Crippen molar-refractivity contribution in [3.63, 3.8) is 0 Å². The number of carbonyl (C=O) groups excluding carboxylic acids is 2. The first kappa shape index (κ1) is 16.5. The Labute approximate surface area is 144 Å². The predicted octanol–water partition coefficient (Wildman–Crippen LogP) is 2.99. The number of nitrogens with one attached hydrogen (secondary N) is 1. The Hall–Kier alpha value is -2.34. The first-order valence-corrected chi connectivity index (χ1v) is 8.78. The van der Waals surface area contributed by atoms with Gasteiger partial charge in [-0.15, -0.1) is 11.3 Å². The second-order valence-electron chi connectivity index (χ2n) is 6.07. The number of fused-ring (bicyclic) bond motifs is 1. The van der Waals surface area contributed by atoms with Crippen LogP contribution in [0, 0.1) is 5.92 Å². The normalized spacial score (nSPS) is 16.3. The molecule has 3 rings (SSSR count). The van der Waals surface area contributed by atoms with E-state index in [1.807, 2.05) is 18.2 Å². The molecular weight excluding hydrogens is 324 g/mol. The molecule has 1 aromatic carbocycles. The van der Waals surface area contributed by atoms with E-state index >= 15 is 0 Å². The standard InChI is InChI=1S/C18H20N2O3S/c1-11-7-8-13-14(9-11)24-18(16(13)17(19)22)20-15(21)10-23-12-5-3-2-4-6-12/h2-6,11H,7-10H2,1H3,(H2,19,22)(H,20,21). The Morgan fingerprint density at radius 1 is 1.33 bits per heavy atom. The highest BCUT2D eigenvalue weighted by atomic mass is 32.1.